The molecule has 0 aliphatic heterocycles. The molecular weight excluding hydrogens is 266 g/mol. The van der Waals surface area contributed by atoms with Gasteiger partial charge in [-0.15, -0.1) is 0 Å². The van der Waals surface area contributed by atoms with Crippen molar-refractivity contribution in [3.63, 3.8) is 0 Å². The molecule has 0 radical (unpaired) electrons. The SMILES string of the molecule is CCN(Cc1cccc(C)c1)C(=O)CCBr. The van der Waals surface area contributed by atoms with Crippen molar-refractivity contribution >= 4 is 21.8 Å². The first-order valence-electron chi connectivity index (χ1n) is 5.56. The van der Waals surface area contributed by atoms with Crippen molar-refractivity contribution < 1.29 is 4.79 Å². The molecule has 0 atom stereocenters. The summed E-state index contributed by atoms with van der Waals surface area (Å²) in [4.78, 5) is 13.6. The van der Waals surface area contributed by atoms with E-state index in [9.17, 15) is 4.79 Å². The number of nitrogens with zero attached hydrogens (tertiary/aromatic N) is 1. The van der Waals surface area contributed by atoms with Crippen molar-refractivity contribution in [1.29, 1.82) is 0 Å². The fraction of sp³-hybridized carbons (Fsp3) is 0.462. The predicted molar refractivity (Wildman–Crippen MR) is 70.7 cm³/mol. The molecule has 0 spiro atoms. The van der Waals surface area contributed by atoms with Gasteiger partial charge in [0.15, 0.2) is 0 Å². The first-order chi connectivity index (χ1) is 7.67. The van der Waals surface area contributed by atoms with Gasteiger partial charge in [0.05, 0.1) is 0 Å². The van der Waals surface area contributed by atoms with Crippen LogP contribution in [0.3, 0.4) is 0 Å². The molecule has 0 heterocycles. The highest BCUT2D eigenvalue weighted by atomic mass is 79.9. The lowest BCUT2D eigenvalue weighted by atomic mass is 10.1. The van der Waals surface area contributed by atoms with E-state index in [1.165, 1.54) is 11.1 Å². The number of alkyl halides is 1. The lowest BCUT2D eigenvalue weighted by molar-refractivity contribution is -0.131. The molecule has 0 N–H and O–H groups in total. The van der Waals surface area contributed by atoms with E-state index in [0.29, 0.717) is 13.0 Å². The van der Waals surface area contributed by atoms with E-state index in [1.54, 1.807) is 0 Å². The van der Waals surface area contributed by atoms with Gasteiger partial charge in [-0.2, -0.15) is 0 Å². The summed E-state index contributed by atoms with van der Waals surface area (Å²) in [5, 5.41) is 0.732. The fourth-order valence-corrected chi connectivity index (χ4v) is 1.99. The highest BCUT2D eigenvalue weighted by Crippen LogP contribution is 2.09. The first-order valence-corrected chi connectivity index (χ1v) is 6.68. The average Bonchev–Trinajstić information content (AvgIpc) is 2.26. The predicted octanol–water partition coefficient (Wildman–Crippen LogP) is 3.13. The fourth-order valence-electron chi connectivity index (χ4n) is 1.65. The smallest absolute Gasteiger partial charge is 0.223 e. The molecule has 0 unspecified atom stereocenters. The lowest BCUT2D eigenvalue weighted by Crippen LogP contribution is -2.30. The molecule has 0 saturated carbocycles. The summed E-state index contributed by atoms with van der Waals surface area (Å²) in [6.07, 6.45) is 0.569. The lowest BCUT2D eigenvalue weighted by Gasteiger charge is -2.20. The van der Waals surface area contributed by atoms with Crippen LogP contribution in [0.5, 0.6) is 0 Å². The third-order valence-corrected chi connectivity index (χ3v) is 2.90. The maximum absolute atomic E-state index is 11.8. The Morgan fingerprint density at radius 1 is 1.44 bits per heavy atom. The van der Waals surface area contributed by atoms with Gasteiger partial charge >= 0.3 is 0 Å². The van der Waals surface area contributed by atoms with E-state index in [1.807, 2.05) is 17.9 Å². The second kappa shape index (κ2) is 6.69. The number of carbonyl (C=O) groups excluding carboxylic acids is 1. The Morgan fingerprint density at radius 3 is 2.75 bits per heavy atom. The Hall–Kier alpha value is -0.830. The quantitative estimate of drug-likeness (QED) is 0.761. The summed E-state index contributed by atoms with van der Waals surface area (Å²) in [6.45, 7) is 5.56. The molecule has 0 saturated heterocycles. The van der Waals surface area contributed by atoms with Gasteiger partial charge in [0.2, 0.25) is 5.91 Å². The van der Waals surface area contributed by atoms with Crippen molar-refractivity contribution in [3.8, 4) is 0 Å². The standard InChI is InChI=1S/C13H18BrNO/c1-3-15(13(16)7-8-14)10-12-6-4-5-11(2)9-12/h4-6,9H,3,7-8,10H2,1-2H3. The number of benzene rings is 1. The summed E-state index contributed by atoms with van der Waals surface area (Å²) >= 11 is 3.30. The van der Waals surface area contributed by atoms with Crippen molar-refractivity contribution in [1.82, 2.24) is 4.90 Å². The van der Waals surface area contributed by atoms with Gasteiger partial charge in [-0.25, -0.2) is 0 Å². The van der Waals surface area contributed by atoms with E-state index >= 15 is 0 Å². The largest absolute Gasteiger partial charge is 0.339 e. The van der Waals surface area contributed by atoms with E-state index in [0.717, 1.165) is 11.9 Å². The Balaban J connectivity index is 2.66. The van der Waals surface area contributed by atoms with Crippen LogP contribution in [-0.4, -0.2) is 22.7 Å². The van der Waals surface area contributed by atoms with E-state index in [4.69, 9.17) is 0 Å². The van der Waals surface area contributed by atoms with Gasteiger partial charge in [0.1, 0.15) is 0 Å². The zero-order chi connectivity index (χ0) is 12.0. The van der Waals surface area contributed by atoms with Gasteiger partial charge < -0.3 is 4.90 Å². The van der Waals surface area contributed by atoms with Crippen LogP contribution in [0.25, 0.3) is 0 Å². The summed E-state index contributed by atoms with van der Waals surface area (Å²) in [5.41, 5.74) is 2.44. The second-order valence-corrected chi connectivity index (χ2v) is 4.63. The molecular formula is C13H18BrNO. The zero-order valence-electron chi connectivity index (χ0n) is 9.87. The third-order valence-electron chi connectivity index (χ3n) is 2.50. The molecule has 0 aliphatic carbocycles. The van der Waals surface area contributed by atoms with Gasteiger partial charge in [0, 0.05) is 24.8 Å². The van der Waals surface area contributed by atoms with Gasteiger partial charge in [-0.3, -0.25) is 4.79 Å². The monoisotopic (exact) mass is 283 g/mol. The summed E-state index contributed by atoms with van der Waals surface area (Å²) in [7, 11) is 0. The van der Waals surface area contributed by atoms with Crippen LogP contribution in [0.15, 0.2) is 24.3 Å². The summed E-state index contributed by atoms with van der Waals surface area (Å²) in [5.74, 6) is 0.209. The highest BCUT2D eigenvalue weighted by molar-refractivity contribution is 9.09. The topological polar surface area (TPSA) is 20.3 Å². The number of rotatable bonds is 5. The van der Waals surface area contributed by atoms with Crippen LogP contribution in [0.4, 0.5) is 0 Å². The molecule has 0 aliphatic rings. The minimum atomic E-state index is 0.209. The van der Waals surface area contributed by atoms with Gasteiger partial charge in [-0.05, 0) is 19.4 Å². The molecule has 2 nitrogen and oxygen atoms in total. The third kappa shape index (κ3) is 3.97. The molecule has 16 heavy (non-hydrogen) atoms. The number of amides is 1. The van der Waals surface area contributed by atoms with Crippen LogP contribution in [0, 0.1) is 6.92 Å². The van der Waals surface area contributed by atoms with Crippen molar-refractivity contribution in [2.75, 3.05) is 11.9 Å². The minimum absolute atomic E-state index is 0.209. The number of halogens is 1. The number of aryl methyl sites for hydroxylation is 1. The molecule has 1 aromatic rings. The number of hydrogen-bond donors (Lipinski definition) is 0. The normalized spacial score (nSPS) is 10.2. The Kier molecular flexibility index (Phi) is 5.53. The molecule has 0 fully saturated rings. The number of carbonyl (C=O) groups is 1. The van der Waals surface area contributed by atoms with Crippen LogP contribution in [0.2, 0.25) is 0 Å². The Morgan fingerprint density at radius 2 is 2.19 bits per heavy atom. The van der Waals surface area contributed by atoms with Crippen LogP contribution < -0.4 is 0 Å². The van der Waals surface area contributed by atoms with Crippen molar-refractivity contribution in [2.24, 2.45) is 0 Å². The maximum Gasteiger partial charge on any atom is 0.223 e. The summed E-state index contributed by atoms with van der Waals surface area (Å²) in [6, 6.07) is 8.30. The van der Waals surface area contributed by atoms with E-state index < -0.39 is 0 Å². The van der Waals surface area contributed by atoms with E-state index in [2.05, 4.69) is 41.1 Å². The highest BCUT2D eigenvalue weighted by Gasteiger charge is 2.10. The molecule has 1 rings (SSSR count). The van der Waals surface area contributed by atoms with Crippen molar-refractivity contribution in [3.05, 3.63) is 35.4 Å². The Bertz CT molecular complexity index is 352. The second-order valence-electron chi connectivity index (χ2n) is 3.84. The van der Waals surface area contributed by atoms with Gasteiger partial charge in [-0.1, -0.05) is 45.8 Å². The van der Waals surface area contributed by atoms with Crippen molar-refractivity contribution in [2.45, 2.75) is 26.8 Å². The van der Waals surface area contributed by atoms with E-state index in [-0.39, 0.29) is 5.91 Å². The van der Waals surface area contributed by atoms with Gasteiger partial charge in [0.25, 0.3) is 0 Å². The zero-order valence-corrected chi connectivity index (χ0v) is 11.5. The van der Waals surface area contributed by atoms with Crippen LogP contribution in [0.1, 0.15) is 24.5 Å². The molecule has 0 aromatic heterocycles. The number of hydrogen-bond acceptors (Lipinski definition) is 1. The maximum atomic E-state index is 11.8. The summed E-state index contributed by atoms with van der Waals surface area (Å²) < 4.78 is 0. The van der Waals surface area contributed by atoms with Crippen LogP contribution in [-0.2, 0) is 11.3 Å². The Labute approximate surface area is 106 Å². The first kappa shape index (κ1) is 13.2. The molecule has 3 heteroatoms. The van der Waals surface area contributed by atoms with Crippen LogP contribution >= 0.6 is 15.9 Å². The minimum Gasteiger partial charge on any atom is -0.339 e. The molecule has 0 bridgehead atoms. The molecule has 88 valence electrons. The average molecular weight is 284 g/mol. The molecule has 1 aromatic carbocycles. The molecule has 1 amide bonds.